The number of guanidine groups is 1. The van der Waals surface area contributed by atoms with Gasteiger partial charge >= 0.3 is 0 Å². The summed E-state index contributed by atoms with van der Waals surface area (Å²) in [5.41, 5.74) is 9.54. The fourth-order valence-electron chi connectivity index (χ4n) is 1.73. The summed E-state index contributed by atoms with van der Waals surface area (Å²) in [7, 11) is 0. The number of aryl methyl sites for hydroxylation is 2. The molecule has 2 aromatic rings. The van der Waals surface area contributed by atoms with Crippen LogP contribution >= 0.6 is 23.2 Å². The minimum atomic E-state index is 0.292. The van der Waals surface area contributed by atoms with Crippen molar-refractivity contribution in [2.75, 3.05) is 5.32 Å². The third kappa shape index (κ3) is 3.65. The van der Waals surface area contributed by atoms with Gasteiger partial charge in [-0.3, -0.25) is 0 Å². The predicted molar refractivity (Wildman–Crippen MR) is 87.3 cm³/mol. The molecule has 3 nitrogen and oxygen atoms in total. The molecule has 104 valence electrons. The van der Waals surface area contributed by atoms with Crippen LogP contribution < -0.4 is 11.1 Å². The summed E-state index contributed by atoms with van der Waals surface area (Å²) in [6.07, 6.45) is 0. The fourth-order valence-corrected chi connectivity index (χ4v) is 2.07. The Morgan fingerprint density at radius 3 is 2.30 bits per heavy atom. The van der Waals surface area contributed by atoms with Crippen molar-refractivity contribution in [3.05, 3.63) is 57.6 Å². The maximum atomic E-state index is 5.97. The average Bonchev–Trinajstić information content (AvgIpc) is 2.38. The predicted octanol–water partition coefficient (Wildman–Crippen LogP) is 4.67. The summed E-state index contributed by atoms with van der Waals surface area (Å²) < 4.78 is 0. The SMILES string of the molecule is Cc1ccc(Cl)cc1N=C(N)Nc1cc(Cl)ccc1C. The van der Waals surface area contributed by atoms with Gasteiger partial charge in [0.2, 0.25) is 0 Å². The van der Waals surface area contributed by atoms with E-state index in [1.165, 1.54) is 0 Å². The molecule has 3 N–H and O–H groups in total. The van der Waals surface area contributed by atoms with Gasteiger partial charge in [-0.1, -0.05) is 35.3 Å². The molecule has 0 fully saturated rings. The largest absolute Gasteiger partial charge is 0.369 e. The molecule has 0 spiro atoms. The van der Waals surface area contributed by atoms with Crippen molar-refractivity contribution < 1.29 is 0 Å². The molecule has 0 heterocycles. The Labute approximate surface area is 128 Å². The number of hydrogen-bond donors (Lipinski definition) is 2. The van der Waals surface area contributed by atoms with Crippen molar-refractivity contribution in [2.45, 2.75) is 13.8 Å². The molecule has 20 heavy (non-hydrogen) atoms. The second-order valence-electron chi connectivity index (χ2n) is 4.51. The summed E-state index contributed by atoms with van der Waals surface area (Å²) >= 11 is 11.9. The smallest absolute Gasteiger partial charge is 0.198 e. The van der Waals surface area contributed by atoms with Gasteiger partial charge in [-0.15, -0.1) is 0 Å². The van der Waals surface area contributed by atoms with Crippen LogP contribution in [-0.2, 0) is 0 Å². The molecule has 0 atom stereocenters. The summed E-state index contributed by atoms with van der Waals surface area (Å²) in [5.74, 6) is 0.292. The van der Waals surface area contributed by atoms with Gasteiger partial charge in [0.1, 0.15) is 0 Å². The molecule has 5 heteroatoms. The van der Waals surface area contributed by atoms with Crippen LogP contribution in [0.4, 0.5) is 11.4 Å². The summed E-state index contributed by atoms with van der Waals surface area (Å²) in [5, 5.41) is 4.32. The van der Waals surface area contributed by atoms with E-state index in [-0.39, 0.29) is 0 Å². The highest BCUT2D eigenvalue weighted by molar-refractivity contribution is 6.31. The van der Waals surface area contributed by atoms with Crippen LogP contribution in [0.1, 0.15) is 11.1 Å². The molecule has 0 amide bonds. The number of rotatable bonds is 2. The number of nitrogens with two attached hydrogens (primary N) is 1. The van der Waals surface area contributed by atoms with Crippen molar-refractivity contribution in [3.63, 3.8) is 0 Å². The second-order valence-corrected chi connectivity index (χ2v) is 5.38. The summed E-state index contributed by atoms with van der Waals surface area (Å²) in [6.45, 7) is 3.92. The first-order valence-electron chi connectivity index (χ1n) is 6.09. The van der Waals surface area contributed by atoms with Gasteiger partial charge in [-0.05, 0) is 49.2 Å². The van der Waals surface area contributed by atoms with E-state index in [1.807, 2.05) is 44.2 Å². The van der Waals surface area contributed by atoms with Gasteiger partial charge in [0.05, 0.1) is 5.69 Å². The summed E-state index contributed by atoms with van der Waals surface area (Å²) in [4.78, 5) is 4.34. The number of nitrogens with one attached hydrogen (secondary N) is 1. The average molecular weight is 308 g/mol. The lowest BCUT2D eigenvalue weighted by molar-refractivity contribution is 1.36. The molecule has 0 aromatic heterocycles. The van der Waals surface area contributed by atoms with E-state index >= 15 is 0 Å². The first-order chi connectivity index (χ1) is 9.45. The standard InChI is InChI=1S/C15H15Cl2N3/c1-9-3-5-11(16)7-13(9)19-15(18)20-14-8-12(17)6-4-10(14)2/h3-8H,1-2H3,(H3,18,19,20). The third-order valence-corrected chi connectivity index (χ3v) is 3.34. The van der Waals surface area contributed by atoms with E-state index in [2.05, 4.69) is 10.3 Å². The third-order valence-electron chi connectivity index (χ3n) is 2.87. The quantitative estimate of drug-likeness (QED) is 0.626. The molecule has 0 saturated heterocycles. The fraction of sp³-hybridized carbons (Fsp3) is 0.133. The maximum Gasteiger partial charge on any atom is 0.198 e. The van der Waals surface area contributed by atoms with Gasteiger partial charge in [0, 0.05) is 15.7 Å². The normalized spacial score (nSPS) is 11.5. The molecular formula is C15H15Cl2N3. The van der Waals surface area contributed by atoms with Crippen molar-refractivity contribution in [1.29, 1.82) is 0 Å². The minimum absolute atomic E-state index is 0.292. The number of benzene rings is 2. The van der Waals surface area contributed by atoms with Crippen LogP contribution in [-0.4, -0.2) is 5.96 Å². The van der Waals surface area contributed by atoms with Crippen LogP contribution in [0, 0.1) is 13.8 Å². The van der Waals surface area contributed by atoms with Gasteiger partial charge in [0.15, 0.2) is 5.96 Å². The number of hydrogen-bond acceptors (Lipinski definition) is 1. The van der Waals surface area contributed by atoms with E-state index in [4.69, 9.17) is 28.9 Å². The Morgan fingerprint density at radius 2 is 1.60 bits per heavy atom. The Morgan fingerprint density at radius 1 is 1.00 bits per heavy atom. The highest BCUT2D eigenvalue weighted by Gasteiger charge is 2.03. The lowest BCUT2D eigenvalue weighted by Crippen LogP contribution is -2.22. The van der Waals surface area contributed by atoms with Crippen LogP contribution in [0.5, 0.6) is 0 Å². The van der Waals surface area contributed by atoms with Crippen molar-refractivity contribution in [2.24, 2.45) is 10.7 Å². The van der Waals surface area contributed by atoms with Crippen LogP contribution in [0.15, 0.2) is 41.4 Å². The Kier molecular flexibility index (Phi) is 4.53. The first kappa shape index (κ1) is 14.7. The zero-order chi connectivity index (χ0) is 14.7. The first-order valence-corrected chi connectivity index (χ1v) is 6.85. The molecule has 2 rings (SSSR count). The van der Waals surface area contributed by atoms with Crippen LogP contribution in [0.3, 0.4) is 0 Å². The zero-order valence-electron chi connectivity index (χ0n) is 11.2. The Bertz CT molecular complexity index is 666. The molecule has 0 aliphatic heterocycles. The highest BCUT2D eigenvalue weighted by Crippen LogP contribution is 2.24. The van der Waals surface area contributed by atoms with Crippen molar-refractivity contribution >= 4 is 40.5 Å². The zero-order valence-corrected chi connectivity index (χ0v) is 12.8. The summed E-state index contributed by atoms with van der Waals surface area (Å²) in [6, 6.07) is 11.1. The van der Waals surface area contributed by atoms with Gasteiger partial charge in [-0.25, -0.2) is 4.99 Å². The lowest BCUT2D eigenvalue weighted by atomic mass is 10.2. The Balaban J connectivity index is 2.27. The van der Waals surface area contributed by atoms with E-state index in [0.717, 1.165) is 22.5 Å². The number of nitrogens with zero attached hydrogens (tertiary/aromatic N) is 1. The highest BCUT2D eigenvalue weighted by atomic mass is 35.5. The van der Waals surface area contributed by atoms with Crippen LogP contribution in [0.2, 0.25) is 10.0 Å². The topological polar surface area (TPSA) is 50.4 Å². The molecule has 0 aliphatic rings. The Hall–Kier alpha value is -1.71. The van der Waals surface area contributed by atoms with Gasteiger partial charge in [-0.2, -0.15) is 0 Å². The van der Waals surface area contributed by atoms with Gasteiger partial charge < -0.3 is 11.1 Å². The second kappa shape index (κ2) is 6.16. The van der Waals surface area contributed by atoms with Crippen LogP contribution in [0.25, 0.3) is 0 Å². The maximum absolute atomic E-state index is 5.97. The van der Waals surface area contributed by atoms with E-state index in [0.29, 0.717) is 16.0 Å². The molecule has 0 saturated carbocycles. The molecule has 2 aromatic carbocycles. The van der Waals surface area contributed by atoms with Crippen molar-refractivity contribution in [1.82, 2.24) is 0 Å². The molecule has 0 aliphatic carbocycles. The minimum Gasteiger partial charge on any atom is -0.369 e. The lowest BCUT2D eigenvalue weighted by Gasteiger charge is -2.10. The number of aliphatic imine (C=N–C) groups is 1. The van der Waals surface area contributed by atoms with E-state index in [1.54, 1.807) is 6.07 Å². The van der Waals surface area contributed by atoms with E-state index < -0.39 is 0 Å². The molecule has 0 bridgehead atoms. The molecular weight excluding hydrogens is 293 g/mol. The van der Waals surface area contributed by atoms with Gasteiger partial charge in [0.25, 0.3) is 0 Å². The molecule has 0 radical (unpaired) electrons. The monoisotopic (exact) mass is 307 g/mol. The molecule has 0 unspecified atom stereocenters. The van der Waals surface area contributed by atoms with E-state index in [9.17, 15) is 0 Å². The number of halogens is 2. The van der Waals surface area contributed by atoms with Crippen molar-refractivity contribution in [3.8, 4) is 0 Å². The number of anilines is 1.